The average Bonchev–Trinajstić information content (AvgIpc) is 3.18. The molecule has 0 fully saturated rings. The van der Waals surface area contributed by atoms with E-state index in [9.17, 15) is 4.79 Å². The van der Waals surface area contributed by atoms with Crippen LogP contribution in [0.4, 0.5) is 17.2 Å². The molecule has 162 valence electrons. The molecule has 8 heteroatoms. The van der Waals surface area contributed by atoms with E-state index in [1.165, 1.54) is 0 Å². The van der Waals surface area contributed by atoms with E-state index < -0.39 is 0 Å². The summed E-state index contributed by atoms with van der Waals surface area (Å²) in [6, 6.07) is 22.6. The maximum Gasteiger partial charge on any atom is 0.274 e. The molecule has 0 saturated carbocycles. The lowest BCUT2D eigenvalue weighted by atomic mass is 10.1. The van der Waals surface area contributed by atoms with Gasteiger partial charge in [-0.25, -0.2) is 4.68 Å². The first kappa shape index (κ1) is 20.3. The lowest BCUT2D eigenvalue weighted by Gasteiger charge is -2.09. The van der Waals surface area contributed by atoms with Gasteiger partial charge >= 0.3 is 0 Å². The summed E-state index contributed by atoms with van der Waals surface area (Å²) in [4.78, 5) is 17.0. The van der Waals surface area contributed by atoms with Gasteiger partial charge in [0.05, 0.1) is 5.69 Å². The molecule has 5 aromatic rings. The zero-order chi connectivity index (χ0) is 22.8. The molecule has 0 saturated heterocycles. The SMILES string of the molecule is Cc1cc(C)n(-c2ccc(Nc3ccc(NC(=O)c4nccc5ccccc45)cc3)nn2)n1. The van der Waals surface area contributed by atoms with Gasteiger partial charge in [0.2, 0.25) is 0 Å². The minimum absolute atomic E-state index is 0.252. The van der Waals surface area contributed by atoms with Crippen LogP contribution in [0.25, 0.3) is 16.6 Å². The normalized spacial score (nSPS) is 10.8. The second-order valence-electron chi connectivity index (χ2n) is 7.65. The Bertz CT molecular complexity index is 1440. The molecule has 2 N–H and O–H groups in total. The van der Waals surface area contributed by atoms with Crippen LogP contribution in [0.5, 0.6) is 0 Å². The Morgan fingerprint density at radius 2 is 1.67 bits per heavy atom. The fraction of sp³-hybridized carbons (Fsp3) is 0.0800. The average molecular weight is 435 g/mol. The Kier molecular flexibility index (Phi) is 5.24. The van der Waals surface area contributed by atoms with Crippen LogP contribution >= 0.6 is 0 Å². The van der Waals surface area contributed by atoms with E-state index in [1.807, 2.05) is 86.6 Å². The highest BCUT2D eigenvalue weighted by atomic mass is 16.1. The number of carbonyl (C=O) groups is 1. The van der Waals surface area contributed by atoms with E-state index in [1.54, 1.807) is 10.9 Å². The second-order valence-corrected chi connectivity index (χ2v) is 7.65. The van der Waals surface area contributed by atoms with Crippen molar-refractivity contribution in [1.29, 1.82) is 0 Å². The summed E-state index contributed by atoms with van der Waals surface area (Å²) in [6.07, 6.45) is 1.64. The summed E-state index contributed by atoms with van der Waals surface area (Å²) in [5.74, 6) is 1.02. The first-order valence-electron chi connectivity index (χ1n) is 10.5. The number of aryl methyl sites for hydroxylation is 2. The predicted octanol–water partition coefficient (Wildman–Crippen LogP) is 4.82. The van der Waals surface area contributed by atoms with Gasteiger partial charge in [-0.2, -0.15) is 5.10 Å². The monoisotopic (exact) mass is 435 g/mol. The van der Waals surface area contributed by atoms with Crippen molar-refractivity contribution in [2.75, 3.05) is 10.6 Å². The van der Waals surface area contributed by atoms with Crippen LogP contribution in [0.1, 0.15) is 21.9 Å². The standard InChI is InChI=1S/C25H21N7O/c1-16-15-17(2)32(31-16)23-12-11-22(29-30-23)27-19-7-9-20(10-8-19)28-25(33)24-21-6-4-3-5-18(21)13-14-26-24/h3-15H,1-2H3,(H,27,29)(H,28,33). The van der Waals surface area contributed by atoms with Crippen molar-refractivity contribution < 1.29 is 4.79 Å². The summed E-state index contributed by atoms with van der Waals surface area (Å²) in [5.41, 5.74) is 3.82. The van der Waals surface area contributed by atoms with Crippen LogP contribution in [0.2, 0.25) is 0 Å². The second kappa shape index (κ2) is 8.51. The minimum atomic E-state index is -0.252. The van der Waals surface area contributed by atoms with Crippen LogP contribution in [0.3, 0.4) is 0 Å². The molecule has 0 atom stereocenters. The molecular weight excluding hydrogens is 414 g/mol. The number of nitrogens with one attached hydrogen (secondary N) is 2. The van der Waals surface area contributed by atoms with Crippen LogP contribution < -0.4 is 10.6 Å². The van der Waals surface area contributed by atoms with Gasteiger partial charge in [0.15, 0.2) is 11.6 Å². The lowest BCUT2D eigenvalue weighted by Crippen LogP contribution is -2.14. The highest BCUT2D eigenvalue weighted by molar-refractivity contribution is 6.11. The number of aromatic nitrogens is 5. The van der Waals surface area contributed by atoms with Crippen molar-refractivity contribution in [2.24, 2.45) is 0 Å². The van der Waals surface area contributed by atoms with Gasteiger partial charge in [0.25, 0.3) is 5.91 Å². The number of benzene rings is 2. The molecule has 0 aliphatic rings. The molecule has 3 heterocycles. The zero-order valence-corrected chi connectivity index (χ0v) is 18.1. The number of rotatable bonds is 5. The molecule has 3 aromatic heterocycles. The molecule has 2 aromatic carbocycles. The number of anilines is 3. The third kappa shape index (κ3) is 4.27. The smallest absolute Gasteiger partial charge is 0.274 e. The molecule has 33 heavy (non-hydrogen) atoms. The van der Waals surface area contributed by atoms with E-state index in [0.29, 0.717) is 23.0 Å². The van der Waals surface area contributed by atoms with Crippen molar-refractivity contribution in [3.05, 3.63) is 96.1 Å². The third-order valence-corrected chi connectivity index (χ3v) is 5.18. The fourth-order valence-electron chi connectivity index (χ4n) is 3.64. The van der Waals surface area contributed by atoms with Crippen LogP contribution in [0.15, 0.2) is 79.0 Å². The van der Waals surface area contributed by atoms with Gasteiger partial charge < -0.3 is 10.6 Å². The van der Waals surface area contributed by atoms with Crippen LogP contribution in [0, 0.1) is 13.8 Å². The van der Waals surface area contributed by atoms with Crippen molar-refractivity contribution in [3.8, 4) is 5.82 Å². The van der Waals surface area contributed by atoms with Gasteiger partial charge in [-0.05, 0) is 67.8 Å². The highest BCUT2D eigenvalue weighted by Gasteiger charge is 2.12. The summed E-state index contributed by atoms with van der Waals surface area (Å²) in [5, 5.41) is 20.8. The van der Waals surface area contributed by atoms with E-state index in [4.69, 9.17) is 0 Å². The number of pyridine rings is 1. The number of hydrogen-bond donors (Lipinski definition) is 2. The van der Waals surface area contributed by atoms with E-state index in [-0.39, 0.29) is 5.91 Å². The number of nitrogens with zero attached hydrogens (tertiary/aromatic N) is 5. The Balaban J connectivity index is 1.27. The lowest BCUT2D eigenvalue weighted by molar-refractivity contribution is 0.102. The summed E-state index contributed by atoms with van der Waals surface area (Å²) < 4.78 is 1.76. The Morgan fingerprint density at radius 3 is 2.39 bits per heavy atom. The number of amides is 1. The van der Waals surface area contributed by atoms with E-state index >= 15 is 0 Å². The molecule has 8 nitrogen and oxygen atoms in total. The summed E-state index contributed by atoms with van der Waals surface area (Å²) >= 11 is 0. The minimum Gasteiger partial charge on any atom is -0.339 e. The molecule has 1 amide bonds. The van der Waals surface area contributed by atoms with Crippen molar-refractivity contribution in [2.45, 2.75) is 13.8 Å². The van der Waals surface area contributed by atoms with Crippen molar-refractivity contribution in [3.63, 3.8) is 0 Å². The molecule has 5 rings (SSSR count). The largest absolute Gasteiger partial charge is 0.339 e. The van der Waals surface area contributed by atoms with Gasteiger partial charge in [-0.15, -0.1) is 10.2 Å². The van der Waals surface area contributed by atoms with Gasteiger partial charge in [0.1, 0.15) is 5.69 Å². The molecule has 0 radical (unpaired) electrons. The molecule has 0 unspecified atom stereocenters. The molecule has 0 aliphatic heterocycles. The quantitative estimate of drug-likeness (QED) is 0.411. The molecule has 0 aliphatic carbocycles. The topological polar surface area (TPSA) is 97.6 Å². The van der Waals surface area contributed by atoms with Gasteiger partial charge in [0, 0.05) is 28.7 Å². The number of carbonyl (C=O) groups excluding carboxylic acids is 1. The number of fused-ring (bicyclic) bond motifs is 1. The van der Waals surface area contributed by atoms with E-state index in [0.717, 1.165) is 27.8 Å². The first-order valence-corrected chi connectivity index (χ1v) is 10.5. The fourth-order valence-corrected chi connectivity index (χ4v) is 3.64. The van der Waals surface area contributed by atoms with Gasteiger partial charge in [-0.1, -0.05) is 24.3 Å². The maximum absolute atomic E-state index is 12.8. The number of hydrogen-bond acceptors (Lipinski definition) is 6. The van der Waals surface area contributed by atoms with Crippen molar-refractivity contribution >= 4 is 33.9 Å². The highest BCUT2D eigenvalue weighted by Crippen LogP contribution is 2.21. The van der Waals surface area contributed by atoms with E-state index in [2.05, 4.69) is 30.9 Å². The van der Waals surface area contributed by atoms with Crippen LogP contribution in [-0.2, 0) is 0 Å². The molecule has 0 bridgehead atoms. The molecule has 0 spiro atoms. The third-order valence-electron chi connectivity index (χ3n) is 5.18. The zero-order valence-electron chi connectivity index (χ0n) is 18.1. The first-order chi connectivity index (χ1) is 16.1. The Hall–Kier alpha value is -4.59. The van der Waals surface area contributed by atoms with Crippen LogP contribution in [-0.4, -0.2) is 30.9 Å². The summed E-state index contributed by atoms with van der Waals surface area (Å²) in [6.45, 7) is 3.92. The Morgan fingerprint density at radius 1 is 0.879 bits per heavy atom. The van der Waals surface area contributed by atoms with Gasteiger partial charge in [-0.3, -0.25) is 9.78 Å². The Labute approximate surface area is 190 Å². The van der Waals surface area contributed by atoms with Crippen molar-refractivity contribution in [1.82, 2.24) is 25.0 Å². The molecular formula is C25H21N7O. The predicted molar refractivity (Wildman–Crippen MR) is 128 cm³/mol. The maximum atomic E-state index is 12.8. The summed E-state index contributed by atoms with van der Waals surface area (Å²) in [7, 11) is 0.